The van der Waals surface area contributed by atoms with Gasteiger partial charge in [0.1, 0.15) is 31.2 Å². The Labute approximate surface area is 478 Å². The summed E-state index contributed by atoms with van der Waals surface area (Å²) < 4.78 is 25.1. The van der Waals surface area contributed by atoms with Gasteiger partial charge in [-0.25, -0.2) is 19.6 Å². The summed E-state index contributed by atoms with van der Waals surface area (Å²) in [6, 6.07) is 11.6. The number of benzene rings is 2. The summed E-state index contributed by atoms with van der Waals surface area (Å²) in [7, 11) is 3.29. The number of fused-ring (bicyclic) bond motifs is 4. The van der Waals surface area contributed by atoms with Crippen LogP contribution in [0.15, 0.2) is 58.0 Å². The van der Waals surface area contributed by atoms with Crippen LogP contribution in [-0.2, 0) is 41.4 Å². The van der Waals surface area contributed by atoms with Crippen LogP contribution in [0.4, 0.5) is 19.6 Å². The van der Waals surface area contributed by atoms with Crippen molar-refractivity contribution in [1.29, 1.82) is 0 Å². The van der Waals surface area contributed by atoms with E-state index in [-0.39, 0.29) is 48.2 Å². The summed E-state index contributed by atoms with van der Waals surface area (Å²) in [6.07, 6.45) is 2.25. The van der Waals surface area contributed by atoms with Crippen molar-refractivity contribution in [2.24, 2.45) is 5.73 Å². The molecule has 0 spiro atoms. The Kier molecular flexibility index (Phi) is 21.2. The molecule has 8 rings (SSSR count). The van der Waals surface area contributed by atoms with Gasteiger partial charge in [-0.2, -0.15) is 0 Å². The molecule has 2 aliphatic rings. The van der Waals surface area contributed by atoms with Crippen molar-refractivity contribution in [3.05, 3.63) is 78.9 Å². The number of nitrogens with one attached hydrogen (secondary N) is 3. The van der Waals surface area contributed by atoms with Gasteiger partial charge in [0.25, 0.3) is 0 Å². The molecule has 0 saturated carbocycles. The molecule has 6 aromatic rings. The van der Waals surface area contributed by atoms with E-state index < -0.39 is 11.2 Å². The molecule has 16 nitrogen and oxygen atoms in total. The molecule has 76 heavy (non-hydrogen) atoms. The molecule has 2 aromatic carbocycles. The Balaban J connectivity index is 0.000000228. The fourth-order valence-electron chi connectivity index (χ4n) is 8.77. The third-order valence-electron chi connectivity index (χ3n) is 12.0. The highest BCUT2D eigenvalue weighted by atomic mass is 79.9. The smallest absolute Gasteiger partial charge is 0.411 e. The van der Waals surface area contributed by atoms with Gasteiger partial charge in [-0.05, 0) is 136 Å². The average molecular weight is 1250 g/mol. The van der Waals surface area contributed by atoms with E-state index in [4.69, 9.17) is 29.9 Å². The van der Waals surface area contributed by atoms with Crippen molar-refractivity contribution in [3.63, 3.8) is 0 Å². The Morgan fingerprint density at radius 1 is 0.711 bits per heavy atom. The molecule has 0 radical (unpaired) electrons. The molecule has 4 aromatic heterocycles. The predicted octanol–water partition coefficient (Wildman–Crippen LogP) is 13.3. The molecule has 0 bridgehead atoms. The number of aromatic nitrogens is 2. The number of hydrogen-bond acceptors (Lipinski definition) is 16. The third-order valence-corrected chi connectivity index (χ3v) is 17.7. The van der Waals surface area contributed by atoms with Gasteiger partial charge in [0, 0.05) is 82.2 Å². The van der Waals surface area contributed by atoms with Crippen LogP contribution in [0.5, 0.6) is 0 Å². The molecule has 412 valence electrons. The van der Waals surface area contributed by atoms with Gasteiger partial charge in [-0.3, -0.25) is 19.4 Å². The van der Waals surface area contributed by atoms with E-state index in [2.05, 4.69) is 65.2 Å². The number of carbonyl (C=O) groups excluding carboxylic acids is 4. The van der Waals surface area contributed by atoms with E-state index in [1.54, 1.807) is 41.8 Å². The van der Waals surface area contributed by atoms with E-state index in [0.29, 0.717) is 52.1 Å². The van der Waals surface area contributed by atoms with Gasteiger partial charge in [-0.15, -0.1) is 45.3 Å². The molecule has 6 heterocycles. The number of ether oxygens (including phenoxy) is 4. The first-order valence-corrected chi connectivity index (χ1v) is 29.8. The topological polar surface area (TPSA) is 200 Å². The quantitative estimate of drug-likeness (QED) is 0.0631. The largest absolute Gasteiger partial charge is 0.444 e. The Bertz CT molecular complexity index is 3030. The molecule has 4 unspecified atom stereocenters. The van der Waals surface area contributed by atoms with Gasteiger partial charge in [0.2, 0.25) is 11.8 Å². The molecular formula is C54H70Br2N8O8S4. The SMILES string of the molecule is C=CC(=O)Nc1sc2c(c1-c1nc3cc(Br)ccc3s1)CC(C)N(C(=O)OC(C)(C)C)C2C.COCCN.COCCNCCC(=O)Nc1sc2c(c1-c1nc3cc(Br)ccc3s1)CC(C)N(C(=O)OC(C)(C)C)C2C. The van der Waals surface area contributed by atoms with Crippen molar-refractivity contribution < 1.29 is 38.1 Å². The summed E-state index contributed by atoms with van der Waals surface area (Å²) in [6.45, 7) is 26.1. The normalized spacial score (nSPS) is 17.2. The number of amides is 4. The second-order valence-electron chi connectivity index (χ2n) is 20.3. The van der Waals surface area contributed by atoms with Gasteiger partial charge in [0.05, 0.1) is 45.7 Å². The molecular weight excluding hydrogens is 1180 g/mol. The monoisotopic (exact) mass is 1240 g/mol. The fourth-order valence-corrected chi connectivity index (χ4v) is 14.2. The Hall–Kier alpha value is -4.36. The minimum absolute atomic E-state index is 0.0664. The van der Waals surface area contributed by atoms with Gasteiger partial charge in [-0.1, -0.05) is 38.4 Å². The number of nitrogens with two attached hydrogens (primary N) is 1. The zero-order valence-corrected chi connectivity index (χ0v) is 51.7. The average Bonchev–Trinajstić information content (AvgIpc) is 4.11. The number of nitrogens with zero attached hydrogens (tertiary/aromatic N) is 4. The summed E-state index contributed by atoms with van der Waals surface area (Å²) >= 11 is 13.3. The maximum Gasteiger partial charge on any atom is 0.411 e. The van der Waals surface area contributed by atoms with Crippen LogP contribution in [0.3, 0.4) is 0 Å². The van der Waals surface area contributed by atoms with Crippen LogP contribution in [0.1, 0.15) is 109 Å². The van der Waals surface area contributed by atoms with E-state index in [9.17, 15) is 19.2 Å². The Morgan fingerprint density at radius 2 is 1.16 bits per heavy atom. The molecule has 4 atom stereocenters. The minimum atomic E-state index is -0.580. The van der Waals surface area contributed by atoms with Crippen molar-refractivity contribution in [1.82, 2.24) is 25.1 Å². The summed E-state index contributed by atoms with van der Waals surface area (Å²) in [4.78, 5) is 66.8. The van der Waals surface area contributed by atoms with Gasteiger partial charge in [0.15, 0.2) is 0 Å². The molecule has 2 aliphatic heterocycles. The van der Waals surface area contributed by atoms with E-state index >= 15 is 0 Å². The number of hydrogen-bond donors (Lipinski definition) is 4. The van der Waals surface area contributed by atoms with E-state index in [1.165, 1.54) is 28.7 Å². The van der Waals surface area contributed by atoms with Crippen molar-refractivity contribution in [2.45, 2.75) is 124 Å². The van der Waals surface area contributed by atoms with Crippen molar-refractivity contribution >= 4 is 132 Å². The van der Waals surface area contributed by atoms with Crippen molar-refractivity contribution in [3.8, 4) is 21.1 Å². The number of rotatable bonds is 13. The van der Waals surface area contributed by atoms with Crippen LogP contribution < -0.4 is 21.7 Å². The minimum Gasteiger partial charge on any atom is -0.444 e. The maximum atomic E-state index is 13.1. The number of methoxy groups -OCH3 is 2. The standard InChI is InChI=1S/C27H35BrN4O4S2.C24H26BrN3O3S2.C3H9NO/c1-15-13-18-22(24-30-19-14-17(28)7-8-20(19)37-24)25(31-21(33)9-10-29-11-12-35-6)38-23(18)16(2)32(15)26(34)36-27(3,4)5;1-7-18(29)27-22-19(21-26-16-11-14(25)8-9-17(16)32-21)15-10-12(2)28(13(3)20(15)33-22)23(30)31-24(4,5)6;1-5-3-2-4/h7-8,14-16,29H,9-13H2,1-6H3,(H,31,33);7-9,11-13H,1,10H2,2-6H3,(H,27,29);2-4H2,1H3. The van der Waals surface area contributed by atoms with Crippen LogP contribution in [-0.4, -0.2) is 114 Å². The molecule has 4 amide bonds. The maximum absolute atomic E-state index is 13.1. The molecule has 0 fully saturated rings. The van der Waals surface area contributed by atoms with E-state index in [1.807, 2.05) is 104 Å². The first-order chi connectivity index (χ1) is 35.9. The second kappa shape index (κ2) is 26.5. The highest BCUT2D eigenvalue weighted by Gasteiger charge is 2.41. The van der Waals surface area contributed by atoms with Crippen LogP contribution in [0.2, 0.25) is 0 Å². The fraction of sp³-hybridized carbons (Fsp3) is 0.481. The van der Waals surface area contributed by atoms with Gasteiger partial charge < -0.3 is 40.6 Å². The molecule has 0 aliphatic carbocycles. The molecule has 22 heteroatoms. The first kappa shape index (κ1) is 60.9. The summed E-state index contributed by atoms with van der Waals surface area (Å²) in [5.41, 5.74) is 9.83. The predicted molar refractivity (Wildman–Crippen MR) is 318 cm³/mol. The number of anilines is 2. The van der Waals surface area contributed by atoms with Gasteiger partial charge >= 0.3 is 12.2 Å². The van der Waals surface area contributed by atoms with Crippen LogP contribution in [0, 0.1) is 0 Å². The van der Waals surface area contributed by atoms with Crippen molar-refractivity contribution in [2.75, 3.05) is 57.7 Å². The lowest BCUT2D eigenvalue weighted by Crippen LogP contribution is -2.46. The number of thiazole rings is 2. The lowest BCUT2D eigenvalue weighted by atomic mass is 9.93. The van der Waals surface area contributed by atoms with Crippen LogP contribution >= 0.6 is 77.2 Å². The highest BCUT2D eigenvalue weighted by Crippen LogP contribution is 2.52. The summed E-state index contributed by atoms with van der Waals surface area (Å²) in [5, 5.41) is 12.6. The van der Waals surface area contributed by atoms with Crippen LogP contribution in [0.25, 0.3) is 41.6 Å². The number of thiophene rings is 2. The third kappa shape index (κ3) is 15.3. The molecule has 0 saturated heterocycles. The summed E-state index contributed by atoms with van der Waals surface area (Å²) in [5.74, 6) is -0.341. The molecule has 5 N–H and O–H groups in total. The Morgan fingerprint density at radius 3 is 1.55 bits per heavy atom. The second-order valence-corrected chi connectivity index (χ2v) is 26.3. The zero-order chi connectivity index (χ0) is 55.8. The lowest BCUT2D eigenvalue weighted by molar-refractivity contribution is -0.116. The zero-order valence-electron chi connectivity index (χ0n) is 45.2. The lowest BCUT2D eigenvalue weighted by Gasteiger charge is -2.39. The first-order valence-electron chi connectivity index (χ1n) is 25.0. The number of halogens is 2. The highest BCUT2D eigenvalue weighted by molar-refractivity contribution is 9.10. The van der Waals surface area contributed by atoms with E-state index in [0.717, 1.165) is 81.4 Å². The number of carbonyl (C=O) groups is 4.